The summed E-state index contributed by atoms with van der Waals surface area (Å²) in [5.74, 6) is 3.02. The minimum absolute atomic E-state index is 0.162. The molecule has 5 rings (SSSR count). The Balaban J connectivity index is 1.28. The van der Waals surface area contributed by atoms with Crippen LogP contribution in [0.3, 0.4) is 0 Å². The second kappa shape index (κ2) is 4.98. The van der Waals surface area contributed by atoms with Crippen LogP contribution in [-0.4, -0.2) is 17.7 Å². The maximum Gasteiger partial charge on any atom is 0.252 e. The lowest BCUT2D eigenvalue weighted by atomic mass is 10.1. The van der Waals surface area contributed by atoms with Gasteiger partial charge in [-0.05, 0) is 48.1 Å². The predicted molar refractivity (Wildman–Crippen MR) is 91.8 cm³/mol. The van der Waals surface area contributed by atoms with Crippen LogP contribution in [0.15, 0.2) is 53.5 Å². The standard InChI is InChI=1S/C20H22N2O/c23-19-10-16(8-9-21(19)11-14-6-7-14)22-12-17-18(13-22)20(17)15-4-2-1-3-5-15/h1-5,8-10,14,17-18,20H,6-7,11-13H2/t17-,18+,20+. The summed E-state index contributed by atoms with van der Waals surface area (Å²) in [5.41, 5.74) is 2.76. The van der Waals surface area contributed by atoms with Gasteiger partial charge >= 0.3 is 0 Å². The molecule has 2 saturated carbocycles. The van der Waals surface area contributed by atoms with Crippen molar-refractivity contribution < 1.29 is 0 Å². The number of hydrogen-bond donors (Lipinski definition) is 0. The summed E-state index contributed by atoms with van der Waals surface area (Å²) in [6, 6.07) is 14.8. The number of pyridine rings is 1. The van der Waals surface area contributed by atoms with E-state index < -0.39 is 0 Å². The van der Waals surface area contributed by atoms with Crippen LogP contribution in [0.5, 0.6) is 0 Å². The summed E-state index contributed by atoms with van der Waals surface area (Å²) in [4.78, 5) is 14.7. The molecule has 2 heterocycles. The molecule has 0 spiro atoms. The van der Waals surface area contributed by atoms with Gasteiger partial charge in [0, 0.05) is 37.6 Å². The number of nitrogens with zero attached hydrogens (tertiary/aromatic N) is 2. The van der Waals surface area contributed by atoms with E-state index in [1.807, 2.05) is 16.8 Å². The molecule has 2 aromatic rings. The second-order valence-electron chi connectivity index (χ2n) is 7.49. The maximum atomic E-state index is 12.3. The largest absolute Gasteiger partial charge is 0.371 e. The highest BCUT2D eigenvalue weighted by Gasteiger charge is 2.56. The van der Waals surface area contributed by atoms with E-state index in [0.29, 0.717) is 0 Å². The highest BCUT2D eigenvalue weighted by atomic mass is 16.1. The lowest BCUT2D eigenvalue weighted by Gasteiger charge is -2.22. The molecule has 3 atom stereocenters. The fourth-order valence-corrected chi connectivity index (χ4v) is 4.33. The van der Waals surface area contributed by atoms with Gasteiger partial charge in [-0.15, -0.1) is 0 Å². The van der Waals surface area contributed by atoms with Gasteiger partial charge in [0.15, 0.2) is 0 Å². The molecule has 0 amide bonds. The van der Waals surface area contributed by atoms with E-state index in [1.165, 1.54) is 18.4 Å². The van der Waals surface area contributed by atoms with Gasteiger partial charge in [0.25, 0.3) is 5.56 Å². The second-order valence-corrected chi connectivity index (χ2v) is 7.49. The van der Waals surface area contributed by atoms with Crippen molar-refractivity contribution in [2.75, 3.05) is 18.0 Å². The summed E-state index contributed by atoms with van der Waals surface area (Å²) in [5, 5.41) is 0. The normalized spacial score (nSPS) is 28.7. The topological polar surface area (TPSA) is 25.2 Å². The minimum atomic E-state index is 0.162. The Labute approximate surface area is 136 Å². The molecule has 0 bridgehead atoms. The maximum absolute atomic E-state index is 12.3. The van der Waals surface area contributed by atoms with Gasteiger partial charge in [-0.1, -0.05) is 30.3 Å². The molecule has 118 valence electrons. The van der Waals surface area contributed by atoms with Gasteiger partial charge in [-0.25, -0.2) is 0 Å². The van der Waals surface area contributed by atoms with Crippen LogP contribution in [-0.2, 0) is 6.54 Å². The molecule has 1 saturated heterocycles. The van der Waals surface area contributed by atoms with Crippen molar-refractivity contribution in [3.8, 4) is 0 Å². The molecule has 3 aliphatic rings. The molecule has 3 nitrogen and oxygen atoms in total. The zero-order valence-electron chi connectivity index (χ0n) is 13.3. The van der Waals surface area contributed by atoms with Crippen LogP contribution in [0, 0.1) is 17.8 Å². The summed E-state index contributed by atoms with van der Waals surface area (Å²) in [7, 11) is 0. The van der Waals surface area contributed by atoms with Gasteiger partial charge in [-0.3, -0.25) is 4.79 Å². The predicted octanol–water partition coefficient (Wildman–Crippen LogP) is 3.11. The molecular weight excluding hydrogens is 284 g/mol. The van der Waals surface area contributed by atoms with Gasteiger partial charge in [0.2, 0.25) is 0 Å². The molecule has 3 fully saturated rings. The molecule has 1 aromatic heterocycles. The quantitative estimate of drug-likeness (QED) is 0.867. The first-order valence-corrected chi connectivity index (χ1v) is 8.80. The Morgan fingerprint density at radius 1 is 1.00 bits per heavy atom. The monoisotopic (exact) mass is 306 g/mol. The van der Waals surface area contributed by atoms with Crippen molar-refractivity contribution in [2.45, 2.75) is 25.3 Å². The van der Waals surface area contributed by atoms with Gasteiger partial charge in [0.05, 0.1) is 0 Å². The number of aromatic nitrogens is 1. The minimum Gasteiger partial charge on any atom is -0.371 e. The third-order valence-corrected chi connectivity index (χ3v) is 5.88. The van der Waals surface area contributed by atoms with E-state index in [9.17, 15) is 4.79 Å². The molecule has 23 heavy (non-hydrogen) atoms. The smallest absolute Gasteiger partial charge is 0.252 e. The highest BCUT2D eigenvalue weighted by Crippen LogP contribution is 2.58. The fourth-order valence-electron chi connectivity index (χ4n) is 4.33. The van der Waals surface area contributed by atoms with Crippen molar-refractivity contribution in [2.24, 2.45) is 17.8 Å². The third-order valence-electron chi connectivity index (χ3n) is 5.88. The molecule has 1 aromatic carbocycles. The van der Waals surface area contributed by atoms with Gasteiger partial charge in [0.1, 0.15) is 0 Å². The van der Waals surface area contributed by atoms with Gasteiger partial charge < -0.3 is 9.47 Å². The van der Waals surface area contributed by atoms with Crippen molar-refractivity contribution >= 4 is 5.69 Å². The van der Waals surface area contributed by atoms with E-state index >= 15 is 0 Å². The van der Waals surface area contributed by atoms with E-state index in [-0.39, 0.29) is 5.56 Å². The van der Waals surface area contributed by atoms with Crippen LogP contribution >= 0.6 is 0 Å². The first-order valence-electron chi connectivity index (χ1n) is 8.80. The number of rotatable bonds is 4. The van der Waals surface area contributed by atoms with E-state index in [2.05, 4.69) is 41.3 Å². The first-order chi connectivity index (χ1) is 11.3. The van der Waals surface area contributed by atoms with Crippen LogP contribution in [0.25, 0.3) is 0 Å². The Morgan fingerprint density at radius 3 is 2.39 bits per heavy atom. The third kappa shape index (κ3) is 2.39. The van der Waals surface area contributed by atoms with Crippen LogP contribution in [0.1, 0.15) is 24.3 Å². The van der Waals surface area contributed by atoms with Crippen molar-refractivity contribution in [3.05, 3.63) is 64.6 Å². The summed E-state index contributed by atoms with van der Waals surface area (Å²) in [6.07, 6.45) is 4.56. The first kappa shape index (κ1) is 13.4. The van der Waals surface area contributed by atoms with Crippen molar-refractivity contribution in [1.82, 2.24) is 4.57 Å². The molecule has 3 heteroatoms. The number of anilines is 1. The SMILES string of the molecule is O=c1cc(N2C[C@@H]3[C@H](C2)[C@H]3c2ccccc2)ccn1CC1CC1. The average molecular weight is 306 g/mol. The molecule has 0 radical (unpaired) electrons. The number of piperidine rings is 1. The fraction of sp³-hybridized carbons (Fsp3) is 0.450. The average Bonchev–Trinajstić information content (AvgIpc) is 3.48. The zero-order chi connectivity index (χ0) is 15.4. The van der Waals surface area contributed by atoms with Crippen molar-refractivity contribution in [1.29, 1.82) is 0 Å². The van der Waals surface area contributed by atoms with Gasteiger partial charge in [-0.2, -0.15) is 0 Å². The highest BCUT2D eigenvalue weighted by molar-refractivity contribution is 5.49. The lowest BCUT2D eigenvalue weighted by Crippen LogP contribution is -2.27. The lowest BCUT2D eigenvalue weighted by molar-refractivity contribution is 0.606. The molecule has 1 aliphatic heterocycles. The Bertz CT molecular complexity index is 766. The van der Waals surface area contributed by atoms with Crippen molar-refractivity contribution in [3.63, 3.8) is 0 Å². The summed E-state index contributed by atoms with van der Waals surface area (Å²) >= 11 is 0. The summed E-state index contributed by atoms with van der Waals surface area (Å²) < 4.78 is 1.88. The molecular formula is C20H22N2O. The Kier molecular flexibility index (Phi) is 2.91. The Morgan fingerprint density at radius 2 is 1.74 bits per heavy atom. The Hall–Kier alpha value is -2.03. The van der Waals surface area contributed by atoms with Crippen LogP contribution < -0.4 is 10.5 Å². The number of hydrogen-bond acceptors (Lipinski definition) is 2. The molecule has 0 N–H and O–H groups in total. The van der Waals surface area contributed by atoms with E-state index in [1.54, 1.807) is 0 Å². The summed E-state index contributed by atoms with van der Waals surface area (Å²) in [6.45, 7) is 3.09. The molecule has 0 unspecified atom stereocenters. The molecule has 2 aliphatic carbocycles. The number of fused-ring (bicyclic) bond motifs is 1. The van der Waals surface area contributed by atoms with Crippen LogP contribution in [0.4, 0.5) is 5.69 Å². The van der Waals surface area contributed by atoms with E-state index in [0.717, 1.165) is 49.0 Å². The number of benzene rings is 1. The van der Waals surface area contributed by atoms with E-state index in [4.69, 9.17) is 0 Å². The zero-order valence-corrected chi connectivity index (χ0v) is 13.3. The van der Waals surface area contributed by atoms with Crippen LogP contribution in [0.2, 0.25) is 0 Å².